The van der Waals surface area contributed by atoms with Gasteiger partial charge in [-0.3, -0.25) is 14.9 Å². The number of primary amides is 1. The lowest BCUT2D eigenvalue weighted by molar-refractivity contribution is -0.225. The number of aromatic nitrogens is 3. The molecule has 0 bridgehead atoms. The zero-order valence-corrected chi connectivity index (χ0v) is 23.5. The van der Waals surface area contributed by atoms with Crippen molar-refractivity contribution in [3.05, 3.63) is 47.2 Å². The van der Waals surface area contributed by atoms with Crippen LogP contribution in [0.25, 0.3) is 11.3 Å². The normalized spacial score (nSPS) is 15.5. The summed E-state index contributed by atoms with van der Waals surface area (Å²) in [5.41, 5.74) is 7.79. The fourth-order valence-corrected chi connectivity index (χ4v) is 5.39. The number of nitrogens with zero attached hydrogens (tertiary/aromatic N) is 3. The van der Waals surface area contributed by atoms with E-state index in [1.165, 1.54) is 30.3 Å². The molecular formula is C28H32F6N6O3. The maximum atomic E-state index is 13.6. The van der Waals surface area contributed by atoms with Crippen molar-refractivity contribution >= 4 is 23.5 Å². The van der Waals surface area contributed by atoms with Crippen LogP contribution in [0.5, 0.6) is 0 Å². The summed E-state index contributed by atoms with van der Waals surface area (Å²) in [5, 5.41) is 10.3. The fraction of sp³-hybridized carbons (Fsp3) is 0.500. The highest BCUT2D eigenvalue weighted by Crippen LogP contribution is 2.53. The molecule has 2 amide bonds. The Morgan fingerprint density at radius 2 is 1.70 bits per heavy atom. The molecule has 234 valence electrons. The Hall–Kier alpha value is -4.04. The van der Waals surface area contributed by atoms with E-state index in [9.17, 15) is 35.9 Å². The molecule has 3 aromatic rings. The summed E-state index contributed by atoms with van der Waals surface area (Å²) >= 11 is 0. The Kier molecular flexibility index (Phi) is 8.58. The number of nitrogen functional groups attached to an aromatic ring is 1. The van der Waals surface area contributed by atoms with E-state index in [4.69, 9.17) is 16.0 Å². The van der Waals surface area contributed by atoms with E-state index in [0.29, 0.717) is 28.8 Å². The number of aryl methyl sites for hydroxylation is 1. The molecular weight excluding hydrogens is 582 g/mol. The number of hydrogen-bond donors (Lipinski definition) is 3. The maximum absolute atomic E-state index is 13.6. The Morgan fingerprint density at radius 3 is 2.26 bits per heavy atom. The fourth-order valence-electron chi connectivity index (χ4n) is 5.39. The first kappa shape index (κ1) is 31.9. The minimum absolute atomic E-state index is 0.00884. The highest BCUT2D eigenvalue weighted by Gasteiger charge is 2.55. The number of alkyl halides is 6. The second-order valence-corrected chi connectivity index (χ2v) is 11.4. The molecule has 2 heterocycles. The summed E-state index contributed by atoms with van der Waals surface area (Å²) in [6, 6.07) is 7.44. The minimum atomic E-state index is -4.73. The van der Waals surface area contributed by atoms with Gasteiger partial charge in [-0.15, -0.1) is 0 Å². The van der Waals surface area contributed by atoms with Crippen molar-refractivity contribution in [1.29, 1.82) is 0 Å². The van der Waals surface area contributed by atoms with Crippen LogP contribution < -0.4 is 16.8 Å². The van der Waals surface area contributed by atoms with Crippen LogP contribution in [0, 0.1) is 5.41 Å². The van der Waals surface area contributed by atoms with E-state index >= 15 is 0 Å². The van der Waals surface area contributed by atoms with Crippen molar-refractivity contribution in [2.75, 3.05) is 11.1 Å². The number of halogens is 6. The van der Waals surface area contributed by atoms with Gasteiger partial charge in [0.15, 0.2) is 5.54 Å². The average molecular weight is 615 g/mol. The number of amides is 2. The number of rotatable bonds is 10. The number of carbonyl (C=O) groups excluding carboxylic acids is 2. The van der Waals surface area contributed by atoms with Crippen LogP contribution in [0.15, 0.2) is 34.9 Å². The molecule has 0 aliphatic heterocycles. The molecule has 15 heteroatoms. The highest BCUT2D eigenvalue weighted by atomic mass is 19.4. The molecule has 43 heavy (non-hydrogen) atoms. The van der Waals surface area contributed by atoms with Gasteiger partial charge in [0.25, 0.3) is 5.91 Å². The van der Waals surface area contributed by atoms with Gasteiger partial charge in [-0.05, 0) is 51.5 Å². The predicted octanol–water partition coefficient (Wildman–Crippen LogP) is 6.14. The summed E-state index contributed by atoms with van der Waals surface area (Å²) in [4.78, 5) is 24.6. The van der Waals surface area contributed by atoms with E-state index in [0.717, 1.165) is 13.8 Å². The Balaban J connectivity index is 1.38. The molecule has 0 atom stereocenters. The summed E-state index contributed by atoms with van der Waals surface area (Å²) in [6.45, 7) is 1.73. The van der Waals surface area contributed by atoms with Crippen LogP contribution in [0.2, 0.25) is 0 Å². The average Bonchev–Trinajstić information content (AvgIpc) is 3.63. The number of hydrogen-bond acceptors (Lipinski definition) is 6. The van der Waals surface area contributed by atoms with Crippen LogP contribution in [-0.4, -0.2) is 39.1 Å². The molecule has 0 saturated heterocycles. The minimum Gasteiger partial charge on any atom is -0.383 e. The largest absolute Gasteiger partial charge is 0.413 e. The van der Waals surface area contributed by atoms with Gasteiger partial charge >= 0.3 is 12.4 Å². The number of anilines is 2. The number of carbonyl (C=O) groups is 2. The molecule has 4 rings (SSSR count). The van der Waals surface area contributed by atoms with Crippen molar-refractivity contribution in [2.45, 2.75) is 83.1 Å². The van der Waals surface area contributed by atoms with Crippen molar-refractivity contribution in [3.8, 4) is 11.3 Å². The van der Waals surface area contributed by atoms with Gasteiger partial charge in [0.1, 0.15) is 17.1 Å². The molecule has 1 saturated carbocycles. The second-order valence-electron chi connectivity index (χ2n) is 11.4. The first-order valence-electron chi connectivity index (χ1n) is 13.6. The van der Waals surface area contributed by atoms with E-state index in [1.807, 2.05) is 0 Å². The van der Waals surface area contributed by atoms with Crippen molar-refractivity contribution in [1.82, 2.24) is 14.9 Å². The lowest BCUT2D eigenvalue weighted by atomic mass is 9.80. The summed E-state index contributed by atoms with van der Waals surface area (Å²) in [7, 11) is 0. The van der Waals surface area contributed by atoms with Gasteiger partial charge in [-0.25, -0.2) is 4.68 Å². The zero-order valence-electron chi connectivity index (χ0n) is 23.5. The number of nitrogens with one attached hydrogen (secondary N) is 1. The van der Waals surface area contributed by atoms with E-state index < -0.39 is 40.9 Å². The van der Waals surface area contributed by atoms with Gasteiger partial charge in [0.2, 0.25) is 11.8 Å². The molecule has 2 aromatic heterocycles. The molecule has 9 nitrogen and oxygen atoms in total. The summed E-state index contributed by atoms with van der Waals surface area (Å²) < 4.78 is 87.2. The smallest absolute Gasteiger partial charge is 0.383 e. The molecule has 5 N–H and O–H groups in total. The standard InChI is InChI=1S/C28H32F6N6O3/c1-25(2,27(29,30)31)40-23(35)21(24(36)42)22(38-40)17-9-7-16(8-10-17)14-19(41)37-20-15-18(39-43-20)6-5-13-26(28(32,33)34)11-3-4-12-26/h7-10,15H,3-6,11-14,35H2,1-2H3,(H2,36,42)(H,37,41). The second kappa shape index (κ2) is 11.6. The van der Waals surface area contributed by atoms with E-state index in [-0.39, 0.29) is 61.2 Å². The SMILES string of the molecule is CC(C)(n1nc(-c2ccc(CC(=O)Nc3cc(CCCC4(C(F)(F)F)CCCC4)no3)cc2)c(C(N)=O)c1N)C(F)(F)F. The molecule has 1 aromatic carbocycles. The third-order valence-electron chi connectivity index (χ3n) is 8.05. The van der Waals surface area contributed by atoms with E-state index in [2.05, 4.69) is 15.6 Å². The van der Waals surface area contributed by atoms with Gasteiger partial charge in [-0.2, -0.15) is 31.4 Å². The van der Waals surface area contributed by atoms with Gasteiger partial charge < -0.3 is 16.0 Å². The Bertz CT molecular complexity index is 1470. The van der Waals surface area contributed by atoms with Crippen LogP contribution in [0.1, 0.15) is 74.0 Å². The first-order valence-corrected chi connectivity index (χ1v) is 13.6. The van der Waals surface area contributed by atoms with Crippen molar-refractivity contribution in [2.24, 2.45) is 11.1 Å². The predicted molar refractivity (Wildman–Crippen MR) is 145 cm³/mol. The zero-order chi connectivity index (χ0) is 31.8. The summed E-state index contributed by atoms with van der Waals surface area (Å²) in [5.74, 6) is -2.01. The topological polar surface area (TPSA) is 142 Å². The Labute approximate surface area is 242 Å². The van der Waals surface area contributed by atoms with E-state index in [1.54, 1.807) is 0 Å². The third kappa shape index (κ3) is 6.49. The van der Waals surface area contributed by atoms with Crippen LogP contribution in [0.4, 0.5) is 38.0 Å². The van der Waals surface area contributed by atoms with Gasteiger partial charge in [0.05, 0.1) is 17.5 Å². The quantitative estimate of drug-likeness (QED) is 0.234. The molecule has 0 radical (unpaired) electrons. The first-order chi connectivity index (χ1) is 19.9. The van der Waals surface area contributed by atoms with Crippen LogP contribution in [-0.2, 0) is 23.2 Å². The monoisotopic (exact) mass is 614 g/mol. The maximum Gasteiger partial charge on any atom is 0.413 e. The highest BCUT2D eigenvalue weighted by molar-refractivity contribution is 6.03. The van der Waals surface area contributed by atoms with Crippen LogP contribution >= 0.6 is 0 Å². The molecule has 1 fully saturated rings. The molecule has 0 spiro atoms. The van der Waals surface area contributed by atoms with Crippen molar-refractivity contribution < 1.29 is 40.5 Å². The van der Waals surface area contributed by atoms with Gasteiger partial charge in [-0.1, -0.05) is 42.3 Å². The Morgan fingerprint density at radius 1 is 1.07 bits per heavy atom. The molecule has 1 aliphatic rings. The molecule has 0 unspecified atom stereocenters. The summed E-state index contributed by atoms with van der Waals surface area (Å²) in [6.07, 6.45) is -7.13. The van der Waals surface area contributed by atoms with Gasteiger partial charge in [0, 0.05) is 11.6 Å². The lowest BCUT2D eigenvalue weighted by Crippen LogP contribution is -2.43. The van der Waals surface area contributed by atoms with Crippen LogP contribution in [0.3, 0.4) is 0 Å². The van der Waals surface area contributed by atoms with Crippen molar-refractivity contribution in [3.63, 3.8) is 0 Å². The number of benzene rings is 1. The molecule has 1 aliphatic carbocycles. The number of nitrogens with two attached hydrogens (primary N) is 2. The lowest BCUT2D eigenvalue weighted by Gasteiger charge is -2.31. The third-order valence-corrected chi connectivity index (χ3v) is 8.05.